The van der Waals surface area contributed by atoms with Crippen molar-refractivity contribution in [2.24, 2.45) is 0 Å². The number of hydrogen-bond acceptors (Lipinski definition) is 9. The normalized spacial score (nSPS) is 11.4. The summed E-state index contributed by atoms with van der Waals surface area (Å²) < 4.78 is 12.3. The van der Waals surface area contributed by atoms with Crippen molar-refractivity contribution < 1.29 is 24.3 Å². The highest BCUT2D eigenvalue weighted by Gasteiger charge is 2.19. The topological polar surface area (TPSA) is 104 Å². The Bertz CT molecular complexity index is 1300. The molecule has 1 heterocycles. The highest BCUT2D eigenvalue weighted by molar-refractivity contribution is 7.99. The number of pyridine rings is 1. The highest BCUT2D eigenvalue weighted by Crippen LogP contribution is 2.32. The average molecular weight is 556 g/mol. The fraction of sp³-hybridized carbons (Fsp3) is 0.429. The summed E-state index contributed by atoms with van der Waals surface area (Å²) in [4.78, 5) is 30.4. The van der Waals surface area contributed by atoms with Crippen molar-refractivity contribution in [3.63, 3.8) is 0 Å². The van der Waals surface area contributed by atoms with E-state index in [1.165, 1.54) is 11.8 Å². The van der Waals surface area contributed by atoms with Gasteiger partial charge in [-0.15, -0.1) is 11.8 Å². The lowest BCUT2D eigenvalue weighted by atomic mass is 9.77. The fourth-order valence-electron chi connectivity index (χ4n) is 4.40. The Morgan fingerprint density at radius 3 is 2.54 bits per heavy atom. The Morgan fingerprint density at radius 1 is 1.08 bits per heavy atom. The van der Waals surface area contributed by atoms with Gasteiger partial charge in [0.25, 0.3) is 5.56 Å². The summed E-state index contributed by atoms with van der Waals surface area (Å²) in [5.74, 6) is 0.712. The van der Waals surface area contributed by atoms with E-state index >= 15 is 0 Å². The van der Waals surface area contributed by atoms with Crippen LogP contribution in [-0.2, 0) is 22.6 Å². The van der Waals surface area contributed by atoms with Crippen molar-refractivity contribution in [3.05, 3.63) is 63.9 Å². The van der Waals surface area contributed by atoms with Crippen LogP contribution in [0.4, 0.5) is 5.69 Å². The number of aromatic nitrogens is 1. The van der Waals surface area contributed by atoms with Crippen LogP contribution in [0.2, 0.25) is 0 Å². The van der Waals surface area contributed by atoms with Crippen LogP contribution in [0, 0.1) is 0 Å². The molecule has 1 aromatic heterocycles. The molecule has 0 aliphatic heterocycles. The van der Waals surface area contributed by atoms with E-state index in [4.69, 9.17) is 9.47 Å². The van der Waals surface area contributed by atoms with Crippen LogP contribution in [-0.4, -0.2) is 93.3 Å². The average Bonchev–Trinajstić information content (AvgIpc) is 2.92. The van der Waals surface area contributed by atoms with Crippen LogP contribution in [0.1, 0.15) is 22.3 Å². The van der Waals surface area contributed by atoms with Gasteiger partial charge in [0.1, 0.15) is 0 Å². The lowest BCUT2D eigenvalue weighted by Gasteiger charge is -2.20. The molecule has 0 spiro atoms. The smallest absolute Gasteiger partial charge is 0.423 e. The molecule has 3 aromatic rings. The predicted octanol–water partition coefficient (Wildman–Crippen LogP) is 1.84. The molecule has 39 heavy (non-hydrogen) atoms. The minimum Gasteiger partial charge on any atom is -0.423 e. The molecule has 0 atom stereocenters. The van der Waals surface area contributed by atoms with Crippen molar-refractivity contribution in [1.82, 2.24) is 9.47 Å². The summed E-state index contributed by atoms with van der Waals surface area (Å²) in [5.41, 5.74) is 2.95. The second-order valence-electron chi connectivity index (χ2n) is 9.53. The molecule has 0 saturated carbocycles. The van der Waals surface area contributed by atoms with Gasteiger partial charge in [-0.25, -0.2) is 0 Å². The minimum absolute atomic E-state index is 0.168. The molecule has 210 valence electrons. The molecule has 2 N–H and O–H groups in total. The largest absolute Gasteiger partial charge is 0.488 e. The van der Waals surface area contributed by atoms with E-state index in [1.807, 2.05) is 56.4 Å². The fourth-order valence-corrected chi connectivity index (χ4v) is 5.50. The van der Waals surface area contributed by atoms with E-state index in [-0.39, 0.29) is 11.1 Å². The molecule has 11 heteroatoms. The maximum Gasteiger partial charge on any atom is 0.488 e. The van der Waals surface area contributed by atoms with Gasteiger partial charge in [0.05, 0.1) is 30.9 Å². The van der Waals surface area contributed by atoms with Gasteiger partial charge < -0.3 is 33.9 Å². The number of fused-ring (bicyclic) bond motifs is 1. The van der Waals surface area contributed by atoms with Crippen molar-refractivity contribution in [2.45, 2.75) is 24.4 Å². The number of thioether (sulfide) groups is 1. The number of ether oxygens (including phenoxy) is 2. The summed E-state index contributed by atoms with van der Waals surface area (Å²) in [5, 5.41) is 20.1. The molecule has 0 bridgehead atoms. The molecular weight excluding hydrogens is 517 g/mol. The highest BCUT2D eigenvalue weighted by atomic mass is 32.2. The Kier molecular flexibility index (Phi) is 12.0. The van der Waals surface area contributed by atoms with Gasteiger partial charge in [-0.3, -0.25) is 9.59 Å². The summed E-state index contributed by atoms with van der Waals surface area (Å²) in [6.07, 6.45) is 1.48. The maximum absolute atomic E-state index is 13.4. The van der Waals surface area contributed by atoms with Crippen molar-refractivity contribution in [1.29, 1.82) is 0 Å². The van der Waals surface area contributed by atoms with E-state index in [9.17, 15) is 19.6 Å². The number of anilines is 1. The van der Waals surface area contributed by atoms with Crippen LogP contribution >= 0.6 is 11.8 Å². The predicted molar refractivity (Wildman–Crippen MR) is 159 cm³/mol. The molecule has 3 rings (SSSR count). The van der Waals surface area contributed by atoms with Gasteiger partial charge in [0, 0.05) is 50.3 Å². The summed E-state index contributed by atoms with van der Waals surface area (Å²) >= 11 is 1.52. The van der Waals surface area contributed by atoms with E-state index in [0.717, 1.165) is 35.1 Å². The van der Waals surface area contributed by atoms with Crippen LogP contribution in [0.5, 0.6) is 0 Å². The second kappa shape index (κ2) is 15.2. The molecule has 0 aliphatic rings. The Morgan fingerprint density at radius 2 is 1.85 bits per heavy atom. The van der Waals surface area contributed by atoms with Gasteiger partial charge in [0.15, 0.2) is 6.29 Å². The molecule has 2 aromatic carbocycles. The van der Waals surface area contributed by atoms with Crippen molar-refractivity contribution in [3.8, 4) is 0 Å². The number of carbonyl (C=O) groups excluding carboxylic acids is 1. The van der Waals surface area contributed by atoms with Crippen LogP contribution < -0.4 is 15.9 Å². The standard InChI is InChI=1S/C28H38BN3O6S/c1-30(2)22-10-11-23-26(18-22)32(13-14-38-16-15-37-4)28(34)24(20-33)27(23)39-17-7-12-31(3)19-21-8-5-6-9-25(21)29(35)36/h5-6,8-11,18,20,35-36H,7,12-17,19H2,1-4H3. The Labute approximate surface area is 234 Å². The number of nitrogens with zero attached hydrogens (tertiary/aromatic N) is 3. The zero-order valence-electron chi connectivity index (χ0n) is 23.1. The quantitative estimate of drug-likeness (QED) is 0.119. The summed E-state index contributed by atoms with van der Waals surface area (Å²) in [6.45, 7) is 2.91. The van der Waals surface area contributed by atoms with E-state index in [1.54, 1.807) is 23.8 Å². The zero-order chi connectivity index (χ0) is 28.4. The minimum atomic E-state index is -1.51. The molecule has 0 aliphatic carbocycles. The summed E-state index contributed by atoms with van der Waals surface area (Å²) in [6, 6.07) is 13.2. The zero-order valence-corrected chi connectivity index (χ0v) is 23.9. The number of hydrogen-bond donors (Lipinski definition) is 2. The van der Waals surface area contributed by atoms with Gasteiger partial charge in [-0.05, 0) is 55.0 Å². The maximum atomic E-state index is 13.4. The first-order chi connectivity index (χ1) is 18.8. The molecule has 0 saturated heterocycles. The molecule has 9 nitrogen and oxygen atoms in total. The van der Waals surface area contributed by atoms with E-state index in [2.05, 4.69) is 4.90 Å². The third-order valence-corrected chi connectivity index (χ3v) is 7.69. The van der Waals surface area contributed by atoms with Gasteiger partial charge in [-0.1, -0.05) is 24.3 Å². The molecule has 0 amide bonds. The van der Waals surface area contributed by atoms with Crippen molar-refractivity contribution >= 4 is 47.2 Å². The third-order valence-electron chi connectivity index (χ3n) is 6.47. The van der Waals surface area contributed by atoms with Gasteiger partial charge >= 0.3 is 7.12 Å². The number of rotatable bonds is 16. The second-order valence-corrected chi connectivity index (χ2v) is 10.6. The van der Waals surface area contributed by atoms with Crippen molar-refractivity contribution in [2.75, 3.05) is 65.3 Å². The van der Waals surface area contributed by atoms with E-state index in [0.29, 0.717) is 55.3 Å². The van der Waals surface area contributed by atoms with E-state index < -0.39 is 7.12 Å². The SMILES string of the molecule is COCCOCCn1c(=O)c(C=O)c(SCCCN(C)Cc2ccccc2B(O)O)c2ccc(N(C)C)cc21. The lowest BCUT2D eigenvalue weighted by Crippen LogP contribution is -2.35. The number of methoxy groups -OCH3 is 1. The van der Waals surface area contributed by atoms with Crippen LogP contribution in [0.3, 0.4) is 0 Å². The first kappa shape index (κ1) is 30.9. The molecule has 0 radical (unpaired) electrons. The van der Waals surface area contributed by atoms with Crippen LogP contribution in [0.15, 0.2) is 52.2 Å². The monoisotopic (exact) mass is 555 g/mol. The number of carbonyl (C=O) groups is 1. The number of aldehydes is 1. The number of benzene rings is 2. The third kappa shape index (κ3) is 8.17. The molecular formula is C28H38BN3O6S. The summed E-state index contributed by atoms with van der Waals surface area (Å²) in [7, 11) is 5.98. The van der Waals surface area contributed by atoms with Crippen LogP contribution in [0.25, 0.3) is 10.9 Å². The van der Waals surface area contributed by atoms with Gasteiger partial charge in [-0.2, -0.15) is 0 Å². The first-order valence-electron chi connectivity index (χ1n) is 12.9. The molecule has 0 unspecified atom stereocenters. The molecule has 0 fully saturated rings. The Balaban J connectivity index is 1.78. The first-order valence-corrected chi connectivity index (χ1v) is 13.9. The van der Waals surface area contributed by atoms with Gasteiger partial charge in [0.2, 0.25) is 0 Å². The lowest BCUT2D eigenvalue weighted by molar-refractivity contribution is 0.0666. The Hall–Kier alpha value is -2.67.